The van der Waals surface area contributed by atoms with Crippen molar-refractivity contribution in [2.75, 3.05) is 5.32 Å². The molecule has 1 fully saturated rings. The van der Waals surface area contributed by atoms with Gasteiger partial charge in [0.2, 0.25) is 5.91 Å². The Kier molecular flexibility index (Phi) is 2.39. The largest absolute Gasteiger partial charge is 0.367 e. The van der Waals surface area contributed by atoms with Gasteiger partial charge in [0, 0.05) is 5.69 Å². The quantitative estimate of drug-likeness (QED) is 0.676. The van der Waals surface area contributed by atoms with Gasteiger partial charge in [-0.25, -0.2) is 0 Å². The number of carbonyl (C=O) groups excluding carboxylic acids is 2. The first-order valence-corrected chi connectivity index (χ1v) is 4.49. The molecule has 5 heteroatoms. The van der Waals surface area contributed by atoms with Crippen molar-refractivity contribution in [1.82, 2.24) is 0 Å². The Morgan fingerprint density at radius 3 is 2.40 bits per heavy atom. The molecule has 1 aliphatic rings. The van der Waals surface area contributed by atoms with Crippen molar-refractivity contribution in [2.45, 2.75) is 12.2 Å². The Bertz CT molecular complexity index is 391. The second-order valence-corrected chi connectivity index (χ2v) is 3.23. The Morgan fingerprint density at radius 1 is 1.20 bits per heavy atom. The Labute approximate surface area is 86.2 Å². The molecule has 2 amide bonds. The van der Waals surface area contributed by atoms with Crippen LogP contribution in [0.3, 0.4) is 0 Å². The van der Waals surface area contributed by atoms with Crippen molar-refractivity contribution < 1.29 is 14.3 Å². The summed E-state index contributed by atoms with van der Waals surface area (Å²) in [6, 6.07) is 8.94. The summed E-state index contributed by atoms with van der Waals surface area (Å²) in [6.45, 7) is 0. The fraction of sp³-hybridized carbons (Fsp3) is 0.200. The van der Waals surface area contributed by atoms with Gasteiger partial charge in [-0.15, -0.1) is 0 Å². The maximum Gasteiger partial charge on any atom is 0.256 e. The van der Waals surface area contributed by atoms with Crippen molar-refractivity contribution in [3.05, 3.63) is 30.3 Å². The van der Waals surface area contributed by atoms with Crippen molar-refractivity contribution in [2.24, 2.45) is 5.73 Å². The van der Waals surface area contributed by atoms with Crippen LogP contribution in [0.5, 0.6) is 0 Å². The molecule has 1 aliphatic heterocycles. The Hall–Kier alpha value is -1.88. The summed E-state index contributed by atoms with van der Waals surface area (Å²) in [5, 5.41) is 2.62. The molecule has 2 rings (SSSR count). The highest BCUT2D eigenvalue weighted by Gasteiger charge is 2.49. The fourth-order valence-electron chi connectivity index (χ4n) is 1.26. The van der Waals surface area contributed by atoms with Crippen LogP contribution in [0, 0.1) is 0 Å². The molecule has 1 aromatic rings. The van der Waals surface area contributed by atoms with E-state index in [1.54, 1.807) is 24.3 Å². The van der Waals surface area contributed by atoms with Crippen LogP contribution in [0.1, 0.15) is 0 Å². The number of hydrogen-bond acceptors (Lipinski definition) is 3. The van der Waals surface area contributed by atoms with E-state index in [0.29, 0.717) is 5.69 Å². The molecule has 1 saturated heterocycles. The predicted molar refractivity (Wildman–Crippen MR) is 52.9 cm³/mol. The predicted octanol–water partition coefficient (Wildman–Crippen LogP) is -0.122. The number of amides is 2. The van der Waals surface area contributed by atoms with Crippen LogP contribution in [-0.4, -0.2) is 24.0 Å². The molecular weight excluding hydrogens is 196 g/mol. The van der Waals surface area contributed by atoms with E-state index in [9.17, 15) is 9.59 Å². The molecule has 2 unspecified atom stereocenters. The van der Waals surface area contributed by atoms with E-state index in [1.807, 2.05) is 6.07 Å². The number of rotatable bonds is 3. The third kappa shape index (κ3) is 2.13. The number of ether oxygens (including phenoxy) is 1. The van der Waals surface area contributed by atoms with E-state index in [-0.39, 0.29) is 5.91 Å². The maximum absolute atomic E-state index is 11.4. The lowest BCUT2D eigenvalue weighted by atomic mass is 10.2. The Balaban J connectivity index is 1.92. The number of nitrogens with one attached hydrogen (secondary N) is 1. The molecule has 0 saturated carbocycles. The zero-order valence-electron chi connectivity index (χ0n) is 7.84. The van der Waals surface area contributed by atoms with E-state index in [0.717, 1.165) is 0 Å². The van der Waals surface area contributed by atoms with E-state index >= 15 is 0 Å². The second-order valence-electron chi connectivity index (χ2n) is 3.23. The fourth-order valence-corrected chi connectivity index (χ4v) is 1.26. The molecule has 0 spiro atoms. The average Bonchev–Trinajstić information content (AvgIpc) is 2.98. The topological polar surface area (TPSA) is 84.7 Å². The van der Waals surface area contributed by atoms with Gasteiger partial charge < -0.3 is 15.8 Å². The van der Waals surface area contributed by atoms with Gasteiger partial charge in [-0.3, -0.25) is 9.59 Å². The molecule has 1 heterocycles. The minimum Gasteiger partial charge on any atom is -0.367 e. The van der Waals surface area contributed by atoms with E-state index in [4.69, 9.17) is 10.5 Å². The number of benzene rings is 1. The summed E-state index contributed by atoms with van der Waals surface area (Å²) >= 11 is 0. The molecule has 15 heavy (non-hydrogen) atoms. The zero-order valence-corrected chi connectivity index (χ0v) is 7.84. The molecule has 0 bridgehead atoms. The number of nitrogens with two attached hydrogens (primary N) is 1. The van der Waals surface area contributed by atoms with E-state index in [2.05, 4.69) is 5.32 Å². The highest BCUT2D eigenvalue weighted by molar-refractivity contribution is 6.01. The zero-order chi connectivity index (χ0) is 10.8. The summed E-state index contributed by atoms with van der Waals surface area (Å²) < 4.78 is 4.83. The average molecular weight is 206 g/mol. The van der Waals surface area contributed by atoms with Crippen LogP contribution in [-0.2, 0) is 14.3 Å². The third-order valence-corrected chi connectivity index (χ3v) is 2.07. The number of para-hydroxylation sites is 1. The van der Waals surface area contributed by atoms with E-state index < -0.39 is 18.1 Å². The van der Waals surface area contributed by atoms with E-state index in [1.165, 1.54) is 0 Å². The maximum atomic E-state index is 11.4. The van der Waals surface area contributed by atoms with Crippen LogP contribution in [0.15, 0.2) is 30.3 Å². The van der Waals surface area contributed by atoms with Gasteiger partial charge in [-0.05, 0) is 12.1 Å². The molecule has 1 aromatic carbocycles. The summed E-state index contributed by atoms with van der Waals surface area (Å²) in [7, 11) is 0. The van der Waals surface area contributed by atoms with Crippen molar-refractivity contribution in [3.8, 4) is 0 Å². The third-order valence-electron chi connectivity index (χ3n) is 2.07. The first-order chi connectivity index (χ1) is 7.18. The lowest BCUT2D eigenvalue weighted by Crippen LogP contribution is -2.26. The van der Waals surface area contributed by atoms with Crippen molar-refractivity contribution in [1.29, 1.82) is 0 Å². The molecule has 0 aromatic heterocycles. The van der Waals surface area contributed by atoms with Crippen LogP contribution in [0.4, 0.5) is 5.69 Å². The summed E-state index contributed by atoms with van der Waals surface area (Å²) in [5.74, 6) is -0.951. The number of carbonyl (C=O) groups is 2. The van der Waals surface area contributed by atoms with Crippen LogP contribution in [0.25, 0.3) is 0 Å². The molecule has 0 radical (unpaired) electrons. The monoisotopic (exact) mass is 206 g/mol. The summed E-state index contributed by atoms with van der Waals surface area (Å²) in [5.41, 5.74) is 5.64. The van der Waals surface area contributed by atoms with Crippen LogP contribution < -0.4 is 11.1 Å². The summed E-state index contributed by atoms with van der Waals surface area (Å²) in [4.78, 5) is 22.1. The van der Waals surface area contributed by atoms with Crippen LogP contribution in [0.2, 0.25) is 0 Å². The van der Waals surface area contributed by atoms with Crippen molar-refractivity contribution >= 4 is 17.5 Å². The van der Waals surface area contributed by atoms with Gasteiger partial charge in [-0.2, -0.15) is 0 Å². The van der Waals surface area contributed by atoms with Crippen molar-refractivity contribution in [3.63, 3.8) is 0 Å². The normalized spacial score (nSPS) is 23.2. The molecule has 3 N–H and O–H groups in total. The molecular formula is C10H10N2O3. The number of hydrogen-bond donors (Lipinski definition) is 2. The molecule has 5 nitrogen and oxygen atoms in total. The van der Waals surface area contributed by atoms with Gasteiger partial charge in [-0.1, -0.05) is 18.2 Å². The molecule has 2 atom stereocenters. The molecule has 0 aliphatic carbocycles. The van der Waals surface area contributed by atoms with Gasteiger partial charge >= 0.3 is 0 Å². The number of epoxide rings is 1. The second kappa shape index (κ2) is 3.70. The van der Waals surface area contributed by atoms with Gasteiger partial charge in [0.15, 0.2) is 12.2 Å². The number of anilines is 1. The minimum atomic E-state index is -0.770. The minimum absolute atomic E-state index is 0.343. The number of primary amides is 1. The first-order valence-electron chi connectivity index (χ1n) is 4.49. The highest BCUT2D eigenvalue weighted by Crippen LogP contribution is 2.23. The lowest BCUT2D eigenvalue weighted by Gasteiger charge is -2.01. The Morgan fingerprint density at radius 2 is 1.87 bits per heavy atom. The van der Waals surface area contributed by atoms with Crippen LogP contribution >= 0.6 is 0 Å². The lowest BCUT2D eigenvalue weighted by molar-refractivity contribution is -0.120. The smallest absolute Gasteiger partial charge is 0.256 e. The van der Waals surface area contributed by atoms with Gasteiger partial charge in [0.05, 0.1) is 0 Å². The molecule has 78 valence electrons. The SMILES string of the molecule is NC(=O)C1OC1C(=O)Nc1ccccc1. The first kappa shape index (κ1) is 9.67. The van der Waals surface area contributed by atoms with Gasteiger partial charge in [0.1, 0.15) is 0 Å². The summed E-state index contributed by atoms with van der Waals surface area (Å²) in [6.07, 6.45) is -1.50. The van der Waals surface area contributed by atoms with Gasteiger partial charge in [0.25, 0.3) is 5.91 Å². The highest BCUT2D eigenvalue weighted by atomic mass is 16.6. The standard InChI is InChI=1S/C10H10N2O3/c11-9(13)7-8(15-7)10(14)12-6-4-2-1-3-5-6/h1-5,7-8H,(H2,11,13)(H,12,14).